The highest BCUT2D eigenvalue weighted by molar-refractivity contribution is 9.10. The Labute approximate surface area is 263 Å². The Balaban J connectivity index is 0.00000104. The number of carboxylic acids is 1. The number of anilines is 1. The monoisotopic (exact) mass is 690 g/mol. The number of aryl methyl sites for hydroxylation is 1. The van der Waals surface area contributed by atoms with Crippen LogP contribution in [0.3, 0.4) is 0 Å². The number of phenolic OH excluding ortho intramolecular Hbond substituents is 1. The molecule has 3 heterocycles. The molecule has 0 spiro atoms. The number of aromatic hydroxyl groups is 1. The summed E-state index contributed by atoms with van der Waals surface area (Å²) in [5.74, 6) is -3.09. The minimum Gasteiger partial charge on any atom is -0.507 e. The third-order valence-electron chi connectivity index (χ3n) is 6.30. The standard InChI is InChI=1S/C27H23BrN2O9S.C2H4O2/c1-4-37-26(35)24-12(2)29-27(40-24)30-20(14-9-15(28)22(32)18(11-14)36-3)19(23(33)25(30)34)21(31)13-5-6-16-17(10-13)39-8-7-38-16;1-2(3)4/h5-6,9-11,20,31-32H,4,7-8H2,1-3H3;1H3,(H,3,4)/b21-19+;. The molecule has 1 unspecified atom stereocenters. The van der Waals surface area contributed by atoms with Gasteiger partial charge in [-0.2, -0.15) is 0 Å². The highest BCUT2D eigenvalue weighted by Crippen LogP contribution is 2.47. The average molecular weight is 692 g/mol. The summed E-state index contributed by atoms with van der Waals surface area (Å²) in [5.41, 5.74) is 0.632. The van der Waals surface area contributed by atoms with Gasteiger partial charge in [0.1, 0.15) is 23.9 Å². The van der Waals surface area contributed by atoms with Gasteiger partial charge in [0.2, 0.25) is 0 Å². The average Bonchev–Trinajstić information content (AvgIpc) is 3.49. The van der Waals surface area contributed by atoms with Gasteiger partial charge in [0.15, 0.2) is 28.1 Å². The van der Waals surface area contributed by atoms with Crippen molar-refractivity contribution in [1.29, 1.82) is 0 Å². The molecule has 1 amide bonds. The summed E-state index contributed by atoms with van der Waals surface area (Å²) in [7, 11) is 1.35. The van der Waals surface area contributed by atoms with Gasteiger partial charge in [-0.05, 0) is 65.7 Å². The first-order valence-corrected chi connectivity index (χ1v) is 14.6. The number of thiazole rings is 1. The number of halogens is 1. The lowest BCUT2D eigenvalue weighted by Crippen LogP contribution is -2.29. The van der Waals surface area contributed by atoms with Crippen molar-refractivity contribution in [3.05, 3.63) is 62.1 Å². The first-order chi connectivity index (χ1) is 20.9. The fourth-order valence-electron chi connectivity index (χ4n) is 4.47. The molecule has 2 aromatic carbocycles. The van der Waals surface area contributed by atoms with E-state index in [0.29, 0.717) is 36.0 Å². The Morgan fingerprint density at radius 1 is 1.14 bits per heavy atom. The van der Waals surface area contributed by atoms with Crippen molar-refractivity contribution in [3.8, 4) is 23.0 Å². The molecule has 15 heteroatoms. The summed E-state index contributed by atoms with van der Waals surface area (Å²) >= 11 is 4.17. The van der Waals surface area contributed by atoms with Gasteiger partial charge in [0.25, 0.3) is 11.8 Å². The lowest BCUT2D eigenvalue weighted by atomic mass is 9.95. The molecule has 44 heavy (non-hydrogen) atoms. The molecular formula is C29H27BrN2O11S. The number of carbonyl (C=O) groups is 4. The summed E-state index contributed by atoms with van der Waals surface area (Å²) in [6, 6.07) is 6.43. The van der Waals surface area contributed by atoms with Crippen molar-refractivity contribution < 1.29 is 53.4 Å². The van der Waals surface area contributed by atoms with Crippen molar-refractivity contribution in [2.75, 3.05) is 31.8 Å². The number of aliphatic hydroxyl groups excluding tert-OH is 1. The predicted molar refractivity (Wildman–Crippen MR) is 161 cm³/mol. The maximum atomic E-state index is 13.5. The molecule has 3 N–H and O–H groups in total. The number of methoxy groups -OCH3 is 1. The van der Waals surface area contributed by atoms with Crippen LogP contribution in [0, 0.1) is 6.92 Å². The van der Waals surface area contributed by atoms with Crippen molar-refractivity contribution >= 4 is 61.8 Å². The SMILES string of the molecule is CC(=O)O.CCOC(=O)c1sc(N2C(=O)C(=O)/C(=C(/O)c3ccc4c(c3)OCCO4)C2c2cc(Br)c(O)c(OC)c2)nc1C. The smallest absolute Gasteiger partial charge is 0.350 e. The van der Waals surface area contributed by atoms with E-state index in [0.717, 1.165) is 23.2 Å². The van der Waals surface area contributed by atoms with E-state index in [1.807, 2.05) is 0 Å². The van der Waals surface area contributed by atoms with E-state index < -0.39 is 35.4 Å². The number of nitrogens with zero attached hydrogens (tertiary/aromatic N) is 2. The Bertz CT molecular complexity index is 1680. The second kappa shape index (κ2) is 13.3. The largest absolute Gasteiger partial charge is 0.507 e. The van der Waals surface area contributed by atoms with Gasteiger partial charge in [-0.15, -0.1) is 0 Å². The quantitative estimate of drug-likeness (QED) is 0.142. The van der Waals surface area contributed by atoms with Gasteiger partial charge >= 0.3 is 11.9 Å². The van der Waals surface area contributed by atoms with E-state index in [4.69, 9.17) is 28.8 Å². The van der Waals surface area contributed by atoms with Crippen LogP contribution in [-0.2, 0) is 19.1 Å². The third-order valence-corrected chi connectivity index (χ3v) is 8.04. The van der Waals surface area contributed by atoms with Crippen molar-refractivity contribution in [3.63, 3.8) is 0 Å². The Kier molecular flexibility index (Phi) is 9.79. The molecule has 2 aliphatic heterocycles. The van der Waals surface area contributed by atoms with Crippen LogP contribution in [0.15, 0.2) is 40.4 Å². The normalized spacial score (nSPS) is 16.7. The van der Waals surface area contributed by atoms with E-state index >= 15 is 0 Å². The van der Waals surface area contributed by atoms with Gasteiger partial charge in [-0.25, -0.2) is 9.78 Å². The van der Waals surface area contributed by atoms with Gasteiger partial charge in [0.05, 0.1) is 35.5 Å². The van der Waals surface area contributed by atoms with Gasteiger partial charge in [-0.3, -0.25) is 19.3 Å². The molecule has 1 saturated heterocycles. The fraction of sp³-hybridized carbons (Fsp3) is 0.276. The Morgan fingerprint density at radius 2 is 1.80 bits per heavy atom. The van der Waals surface area contributed by atoms with Gasteiger partial charge in [-0.1, -0.05) is 11.3 Å². The van der Waals surface area contributed by atoms with Crippen molar-refractivity contribution in [2.45, 2.75) is 26.8 Å². The molecule has 0 radical (unpaired) electrons. The summed E-state index contributed by atoms with van der Waals surface area (Å²) in [5, 5.41) is 29.3. The zero-order chi connectivity index (χ0) is 32.3. The number of rotatable bonds is 6. The van der Waals surface area contributed by atoms with E-state index in [9.17, 15) is 24.6 Å². The number of ketones is 1. The van der Waals surface area contributed by atoms with Crippen LogP contribution >= 0.6 is 27.3 Å². The molecule has 1 fully saturated rings. The number of ether oxygens (including phenoxy) is 4. The van der Waals surface area contributed by atoms with E-state index in [1.54, 1.807) is 26.0 Å². The molecule has 13 nitrogen and oxygen atoms in total. The molecule has 5 rings (SSSR count). The van der Waals surface area contributed by atoms with Crippen LogP contribution in [0.25, 0.3) is 5.76 Å². The lowest BCUT2D eigenvalue weighted by molar-refractivity contribution is -0.134. The van der Waals surface area contributed by atoms with E-state index in [2.05, 4.69) is 20.9 Å². The molecule has 1 aromatic heterocycles. The first-order valence-electron chi connectivity index (χ1n) is 13.0. The number of hydrogen-bond acceptors (Lipinski definition) is 12. The predicted octanol–water partition coefficient (Wildman–Crippen LogP) is 4.59. The number of fused-ring (bicyclic) bond motifs is 1. The maximum absolute atomic E-state index is 13.5. The number of amides is 1. The Morgan fingerprint density at radius 3 is 2.43 bits per heavy atom. The number of Topliss-reactive ketones (excluding diaryl/α,β-unsaturated/α-hetero) is 1. The second-order valence-electron chi connectivity index (χ2n) is 9.23. The molecule has 2 aliphatic rings. The molecule has 3 aromatic rings. The summed E-state index contributed by atoms with van der Waals surface area (Å²) in [6.07, 6.45) is 0. The number of carbonyl (C=O) groups excluding carboxylic acids is 3. The van der Waals surface area contributed by atoms with Crippen molar-refractivity contribution in [1.82, 2.24) is 4.98 Å². The minimum atomic E-state index is -1.19. The number of esters is 1. The number of aliphatic hydroxyl groups is 1. The molecule has 1 atom stereocenters. The number of carboxylic acid groups (broad SMARTS) is 1. The van der Waals surface area contributed by atoms with Crippen LogP contribution in [0.1, 0.15) is 46.4 Å². The minimum absolute atomic E-state index is 0.0528. The second-order valence-corrected chi connectivity index (χ2v) is 11.1. The highest BCUT2D eigenvalue weighted by Gasteiger charge is 2.49. The third kappa shape index (κ3) is 6.33. The lowest BCUT2D eigenvalue weighted by Gasteiger charge is -2.24. The molecule has 0 bridgehead atoms. The highest BCUT2D eigenvalue weighted by atomic mass is 79.9. The van der Waals surface area contributed by atoms with E-state index in [1.165, 1.54) is 25.3 Å². The van der Waals surface area contributed by atoms with Crippen LogP contribution in [0.5, 0.6) is 23.0 Å². The topological polar surface area (TPSA) is 182 Å². The van der Waals surface area contributed by atoms with Crippen LogP contribution in [0.4, 0.5) is 5.13 Å². The molecular weight excluding hydrogens is 664 g/mol. The maximum Gasteiger partial charge on any atom is 0.350 e. The number of benzene rings is 2. The number of aromatic nitrogens is 1. The van der Waals surface area contributed by atoms with Crippen molar-refractivity contribution in [2.24, 2.45) is 0 Å². The summed E-state index contributed by atoms with van der Waals surface area (Å²) < 4.78 is 21.8. The molecule has 0 saturated carbocycles. The Hall–Kier alpha value is -4.63. The van der Waals surface area contributed by atoms with E-state index in [-0.39, 0.29) is 43.7 Å². The first kappa shape index (κ1) is 32.3. The molecule has 0 aliphatic carbocycles. The van der Waals surface area contributed by atoms with Gasteiger partial charge < -0.3 is 34.3 Å². The zero-order valence-electron chi connectivity index (χ0n) is 23.9. The fourth-order valence-corrected chi connectivity index (χ4v) is 5.92. The summed E-state index contributed by atoms with van der Waals surface area (Å²) in [6.45, 7) is 5.18. The zero-order valence-corrected chi connectivity index (χ0v) is 26.3. The van der Waals surface area contributed by atoms with Crippen LogP contribution in [-0.4, -0.2) is 70.9 Å². The summed E-state index contributed by atoms with van der Waals surface area (Å²) in [4.78, 5) is 54.3. The molecule has 232 valence electrons. The van der Waals surface area contributed by atoms with Gasteiger partial charge in [0, 0.05) is 12.5 Å². The van der Waals surface area contributed by atoms with Crippen LogP contribution < -0.4 is 19.1 Å². The number of hydrogen-bond donors (Lipinski definition) is 3. The number of phenols is 1. The number of aliphatic carboxylic acids is 1. The van der Waals surface area contributed by atoms with Crippen LogP contribution in [0.2, 0.25) is 0 Å².